The van der Waals surface area contributed by atoms with E-state index in [1.807, 2.05) is 31.5 Å². The van der Waals surface area contributed by atoms with Crippen LogP contribution in [0.2, 0.25) is 0 Å². The van der Waals surface area contributed by atoms with E-state index >= 15 is 0 Å². The third-order valence-electron chi connectivity index (χ3n) is 3.60. The van der Waals surface area contributed by atoms with Crippen LogP contribution in [0.3, 0.4) is 0 Å². The Morgan fingerprint density at radius 1 is 1.21 bits per heavy atom. The lowest BCUT2D eigenvalue weighted by Crippen LogP contribution is -2.27. The molecule has 0 bridgehead atoms. The third-order valence-corrected chi connectivity index (χ3v) is 3.60. The minimum atomic E-state index is 0.0758. The molecule has 98 valence electrons. The van der Waals surface area contributed by atoms with Gasteiger partial charge in [0.05, 0.1) is 6.04 Å². The maximum Gasteiger partial charge on any atom is 0.223 e. The second-order valence-electron chi connectivity index (χ2n) is 5.19. The fourth-order valence-corrected chi connectivity index (χ4v) is 2.20. The summed E-state index contributed by atoms with van der Waals surface area (Å²) in [6.45, 7) is 2.03. The van der Waals surface area contributed by atoms with E-state index in [0.29, 0.717) is 0 Å². The van der Waals surface area contributed by atoms with Crippen LogP contribution < -0.4 is 5.32 Å². The molecule has 2 aromatic rings. The topological polar surface area (TPSA) is 34.0 Å². The van der Waals surface area contributed by atoms with Crippen LogP contribution in [0.15, 0.2) is 48.8 Å². The second kappa shape index (κ2) is 4.92. The van der Waals surface area contributed by atoms with Crippen molar-refractivity contribution in [1.82, 2.24) is 9.88 Å². The first-order valence-corrected chi connectivity index (χ1v) is 6.78. The number of hydrogen-bond acceptors (Lipinski definition) is 1. The summed E-state index contributed by atoms with van der Waals surface area (Å²) in [7, 11) is 0. The van der Waals surface area contributed by atoms with Gasteiger partial charge in [0.15, 0.2) is 0 Å². The quantitative estimate of drug-likeness (QED) is 0.894. The summed E-state index contributed by atoms with van der Waals surface area (Å²) in [5, 5.41) is 3.07. The van der Waals surface area contributed by atoms with Crippen molar-refractivity contribution < 1.29 is 4.79 Å². The van der Waals surface area contributed by atoms with Gasteiger partial charge in [0.1, 0.15) is 0 Å². The lowest BCUT2D eigenvalue weighted by atomic mass is 10.1. The second-order valence-corrected chi connectivity index (χ2v) is 5.19. The van der Waals surface area contributed by atoms with Crippen LogP contribution >= 0.6 is 0 Å². The van der Waals surface area contributed by atoms with E-state index < -0.39 is 0 Å². The standard InChI is InChI=1S/C16H18N2O/c1-12(17-16(19)14-4-5-14)13-6-8-15(9-7-13)18-10-2-3-11-18/h2-3,6-12,14H,4-5H2,1H3,(H,17,19)/t12-/m1/s1. The first-order chi connectivity index (χ1) is 9.24. The van der Waals surface area contributed by atoms with Gasteiger partial charge in [0.25, 0.3) is 0 Å². The van der Waals surface area contributed by atoms with Crippen molar-refractivity contribution in [2.75, 3.05) is 0 Å². The number of hydrogen-bond donors (Lipinski definition) is 1. The van der Waals surface area contributed by atoms with Gasteiger partial charge in [-0.25, -0.2) is 0 Å². The Morgan fingerprint density at radius 3 is 2.42 bits per heavy atom. The molecule has 1 aliphatic rings. The highest BCUT2D eigenvalue weighted by Crippen LogP contribution is 2.29. The van der Waals surface area contributed by atoms with Crippen molar-refractivity contribution in [2.45, 2.75) is 25.8 Å². The van der Waals surface area contributed by atoms with Crippen molar-refractivity contribution in [3.05, 3.63) is 54.4 Å². The number of carbonyl (C=O) groups is 1. The molecular formula is C16H18N2O. The Balaban J connectivity index is 1.69. The molecule has 1 aliphatic carbocycles. The van der Waals surface area contributed by atoms with E-state index in [0.717, 1.165) is 24.1 Å². The number of rotatable bonds is 4. The molecule has 3 heteroatoms. The zero-order valence-corrected chi connectivity index (χ0v) is 11.0. The zero-order valence-electron chi connectivity index (χ0n) is 11.0. The third kappa shape index (κ3) is 2.70. The lowest BCUT2D eigenvalue weighted by molar-refractivity contribution is -0.122. The number of nitrogens with zero attached hydrogens (tertiary/aromatic N) is 1. The van der Waals surface area contributed by atoms with E-state index in [1.165, 1.54) is 0 Å². The predicted octanol–water partition coefficient (Wildman–Crippen LogP) is 3.06. The molecule has 1 N–H and O–H groups in total. The highest BCUT2D eigenvalue weighted by atomic mass is 16.2. The molecular weight excluding hydrogens is 236 g/mol. The van der Waals surface area contributed by atoms with Gasteiger partial charge in [-0.1, -0.05) is 12.1 Å². The average Bonchev–Trinajstić information content (AvgIpc) is 3.14. The van der Waals surface area contributed by atoms with Crippen molar-refractivity contribution in [2.24, 2.45) is 5.92 Å². The highest BCUT2D eigenvalue weighted by molar-refractivity contribution is 5.81. The molecule has 1 fully saturated rings. The molecule has 1 aromatic carbocycles. The molecule has 3 nitrogen and oxygen atoms in total. The summed E-state index contributed by atoms with van der Waals surface area (Å²) in [4.78, 5) is 11.7. The van der Waals surface area contributed by atoms with Crippen LogP contribution in [0, 0.1) is 5.92 Å². The maximum atomic E-state index is 11.7. The SMILES string of the molecule is C[C@@H](NC(=O)C1CC1)c1ccc(-n2cccc2)cc1. The van der Waals surface area contributed by atoms with Gasteiger partial charge < -0.3 is 9.88 Å². The first kappa shape index (κ1) is 12.0. The summed E-state index contributed by atoms with van der Waals surface area (Å²) < 4.78 is 2.07. The van der Waals surface area contributed by atoms with E-state index in [4.69, 9.17) is 0 Å². The van der Waals surface area contributed by atoms with Gasteiger partial charge in [-0.05, 0) is 49.6 Å². The Labute approximate surface area is 113 Å². The molecule has 1 aromatic heterocycles. The Bertz CT molecular complexity index is 553. The Kier molecular flexibility index (Phi) is 3.11. The number of amides is 1. The normalized spacial score (nSPS) is 16.1. The monoisotopic (exact) mass is 254 g/mol. The Morgan fingerprint density at radius 2 is 1.84 bits per heavy atom. The van der Waals surface area contributed by atoms with Crippen LogP contribution in [-0.4, -0.2) is 10.5 Å². The lowest BCUT2D eigenvalue weighted by Gasteiger charge is -2.14. The summed E-state index contributed by atoms with van der Waals surface area (Å²) in [5.74, 6) is 0.462. The summed E-state index contributed by atoms with van der Waals surface area (Å²) in [5.41, 5.74) is 2.28. The van der Waals surface area contributed by atoms with Crippen molar-refractivity contribution in [1.29, 1.82) is 0 Å². The molecule has 0 spiro atoms. The van der Waals surface area contributed by atoms with E-state index in [2.05, 4.69) is 34.1 Å². The van der Waals surface area contributed by atoms with E-state index in [-0.39, 0.29) is 17.9 Å². The minimum Gasteiger partial charge on any atom is -0.349 e. The molecule has 0 unspecified atom stereocenters. The molecule has 3 rings (SSSR count). The van der Waals surface area contributed by atoms with Gasteiger partial charge in [-0.3, -0.25) is 4.79 Å². The van der Waals surface area contributed by atoms with Crippen LogP contribution in [-0.2, 0) is 4.79 Å². The Hall–Kier alpha value is -2.03. The van der Waals surface area contributed by atoms with Gasteiger partial charge in [-0.2, -0.15) is 0 Å². The van der Waals surface area contributed by atoms with Gasteiger partial charge in [0.2, 0.25) is 5.91 Å². The molecule has 1 heterocycles. The molecule has 1 amide bonds. The largest absolute Gasteiger partial charge is 0.349 e. The van der Waals surface area contributed by atoms with Gasteiger partial charge in [0, 0.05) is 24.0 Å². The predicted molar refractivity (Wildman–Crippen MR) is 75.1 cm³/mol. The van der Waals surface area contributed by atoms with Crippen molar-refractivity contribution in [3.8, 4) is 5.69 Å². The average molecular weight is 254 g/mol. The summed E-state index contributed by atoms with van der Waals surface area (Å²) in [6, 6.07) is 12.4. The van der Waals surface area contributed by atoms with Gasteiger partial charge in [-0.15, -0.1) is 0 Å². The minimum absolute atomic E-state index is 0.0758. The molecule has 1 saturated carbocycles. The van der Waals surface area contributed by atoms with E-state index in [1.54, 1.807) is 0 Å². The number of aromatic nitrogens is 1. The van der Waals surface area contributed by atoms with Crippen LogP contribution in [0.5, 0.6) is 0 Å². The molecule has 0 aliphatic heterocycles. The van der Waals surface area contributed by atoms with Crippen molar-refractivity contribution >= 4 is 5.91 Å². The molecule has 0 radical (unpaired) electrons. The zero-order chi connectivity index (χ0) is 13.2. The van der Waals surface area contributed by atoms with Crippen LogP contribution in [0.25, 0.3) is 5.69 Å². The smallest absolute Gasteiger partial charge is 0.223 e. The number of benzene rings is 1. The summed E-state index contributed by atoms with van der Waals surface area (Å²) in [6.07, 6.45) is 6.14. The molecule has 19 heavy (non-hydrogen) atoms. The first-order valence-electron chi connectivity index (χ1n) is 6.78. The van der Waals surface area contributed by atoms with Crippen LogP contribution in [0.4, 0.5) is 0 Å². The highest BCUT2D eigenvalue weighted by Gasteiger charge is 2.30. The molecule has 0 saturated heterocycles. The molecule has 1 atom stereocenters. The number of nitrogens with one attached hydrogen (secondary N) is 1. The number of carbonyl (C=O) groups excluding carboxylic acids is 1. The van der Waals surface area contributed by atoms with Crippen LogP contribution in [0.1, 0.15) is 31.4 Å². The summed E-state index contributed by atoms with van der Waals surface area (Å²) >= 11 is 0. The fraction of sp³-hybridized carbons (Fsp3) is 0.312. The van der Waals surface area contributed by atoms with Gasteiger partial charge >= 0.3 is 0 Å². The van der Waals surface area contributed by atoms with E-state index in [9.17, 15) is 4.79 Å². The fourth-order valence-electron chi connectivity index (χ4n) is 2.20. The maximum absolute atomic E-state index is 11.7. The van der Waals surface area contributed by atoms with Crippen molar-refractivity contribution in [3.63, 3.8) is 0 Å².